The third kappa shape index (κ3) is 2.59. The van der Waals surface area contributed by atoms with Crippen LogP contribution >= 0.6 is 0 Å². The number of anilines is 2. The van der Waals surface area contributed by atoms with Gasteiger partial charge < -0.3 is 5.32 Å². The zero-order chi connectivity index (χ0) is 17.4. The molecule has 0 atom stereocenters. The predicted molar refractivity (Wildman–Crippen MR) is 94.1 cm³/mol. The second-order valence-corrected chi connectivity index (χ2v) is 5.69. The molecule has 0 radical (unpaired) electrons. The Morgan fingerprint density at radius 3 is 2.76 bits per heavy atom. The van der Waals surface area contributed by atoms with Crippen molar-refractivity contribution in [3.63, 3.8) is 0 Å². The molecule has 0 aliphatic heterocycles. The van der Waals surface area contributed by atoms with E-state index in [1.165, 1.54) is 0 Å². The first kappa shape index (κ1) is 15.2. The van der Waals surface area contributed by atoms with E-state index in [2.05, 4.69) is 30.5 Å². The van der Waals surface area contributed by atoms with Crippen LogP contribution in [-0.2, 0) is 0 Å². The van der Waals surface area contributed by atoms with E-state index in [9.17, 15) is 0 Å². The first-order valence-electron chi connectivity index (χ1n) is 7.78. The Hall–Kier alpha value is -3.35. The standard InChI is InChI=1S/C18H15FN6/c1-10-11(2)23-18(12-5-3-4-7-20-12)15(19)16(10)24-13-6-8-21-14-9-22-25-17(13)14/h3-9H,1-2H3,(H,22,25)(H,21,23,24). The number of nitrogens with zero attached hydrogens (tertiary/aromatic N) is 4. The molecular formula is C18H15FN6. The third-order valence-electron chi connectivity index (χ3n) is 4.14. The number of rotatable bonds is 3. The van der Waals surface area contributed by atoms with Gasteiger partial charge in [0.1, 0.15) is 16.7 Å². The normalized spacial score (nSPS) is 11.0. The molecule has 0 amide bonds. The molecule has 124 valence electrons. The van der Waals surface area contributed by atoms with Crippen molar-refractivity contribution in [1.29, 1.82) is 0 Å². The quantitative estimate of drug-likeness (QED) is 0.594. The Morgan fingerprint density at radius 2 is 1.96 bits per heavy atom. The fourth-order valence-electron chi connectivity index (χ4n) is 2.68. The molecule has 0 aromatic carbocycles. The van der Waals surface area contributed by atoms with Gasteiger partial charge in [0.15, 0.2) is 5.82 Å². The van der Waals surface area contributed by atoms with Crippen LogP contribution in [-0.4, -0.2) is 25.1 Å². The maximum atomic E-state index is 15.2. The van der Waals surface area contributed by atoms with Gasteiger partial charge >= 0.3 is 0 Å². The minimum absolute atomic E-state index is 0.223. The Kier molecular flexibility index (Phi) is 3.61. The molecule has 0 unspecified atom stereocenters. The number of aromatic amines is 1. The minimum Gasteiger partial charge on any atom is -0.351 e. The highest BCUT2D eigenvalue weighted by Crippen LogP contribution is 2.32. The summed E-state index contributed by atoms with van der Waals surface area (Å²) >= 11 is 0. The number of aryl methyl sites for hydroxylation is 1. The molecular weight excluding hydrogens is 319 g/mol. The van der Waals surface area contributed by atoms with Gasteiger partial charge in [-0.15, -0.1) is 0 Å². The molecule has 4 aromatic heterocycles. The van der Waals surface area contributed by atoms with Crippen LogP contribution in [0.4, 0.5) is 15.8 Å². The molecule has 25 heavy (non-hydrogen) atoms. The van der Waals surface area contributed by atoms with E-state index in [0.717, 1.165) is 16.8 Å². The van der Waals surface area contributed by atoms with Crippen LogP contribution in [0.5, 0.6) is 0 Å². The van der Waals surface area contributed by atoms with E-state index in [1.54, 1.807) is 36.8 Å². The summed E-state index contributed by atoms with van der Waals surface area (Å²) in [5, 5.41) is 10.0. The second-order valence-electron chi connectivity index (χ2n) is 5.69. The second kappa shape index (κ2) is 5.94. The number of hydrogen-bond acceptors (Lipinski definition) is 5. The zero-order valence-corrected chi connectivity index (χ0v) is 13.7. The zero-order valence-electron chi connectivity index (χ0n) is 13.7. The van der Waals surface area contributed by atoms with Gasteiger partial charge in [0.25, 0.3) is 0 Å². The first-order chi connectivity index (χ1) is 12.1. The van der Waals surface area contributed by atoms with Crippen molar-refractivity contribution < 1.29 is 4.39 Å². The van der Waals surface area contributed by atoms with E-state index in [1.807, 2.05) is 19.9 Å². The number of H-pyrrole nitrogens is 1. The lowest BCUT2D eigenvalue weighted by Crippen LogP contribution is -2.05. The molecule has 4 aromatic rings. The van der Waals surface area contributed by atoms with Gasteiger partial charge in [-0.3, -0.25) is 15.1 Å². The monoisotopic (exact) mass is 334 g/mol. The van der Waals surface area contributed by atoms with E-state index in [-0.39, 0.29) is 5.69 Å². The van der Waals surface area contributed by atoms with Crippen LogP contribution in [0.2, 0.25) is 0 Å². The van der Waals surface area contributed by atoms with Crippen molar-refractivity contribution in [3.05, 3.63) is 59.9 Å². The minimum atomic E-state index is -0.439. The molecule has 0 aliphatic carbocycles. The van der Waals surface area contributed by atoms with E-state index in [4.69, 9.17) is 0 Å². The molecule has 0 spiro atoms. The summed E-state index contributed by atoms with van der Waals surface area (Å²) in [7, 11) is 0. The fraction of sp³-hybridized carbons (Fsp3) is 0.111. The number of nitrogens with one attached hydrogen (secondary N) is 2. The van der Waals surface area contributed by atoms with Gasteiger partial charge in [0.05, 0.1) is 23.3 Å². The molecule has 0 bridgehead atoms. The lowest BCUT2D eigenvalue weighted by Gasteiger charge is -2.15. The molecule has 7 heteroatoms. The van der Waals surface area contributed by atoms with E-state index in [0.29, 0.717) is 22.6 Å². The molecule has 0 saturated heterocycles. The molecule has 4 rings (SSSR count). The summed E-state index contributed by atoms with van der Waals surface area (Å²) in [6.45, 7) is 3.69. The number of pyridine rings is 3. The Balaban J connectivity index is 1.87. The van der Waals surface area contributed by atoms with Crippen LogP contribution in [0.25, 0.3) is 22.4 Å². The predicted octanol–water partition coefficient (Wildman–Crippen LogP) is 3.91. The lowest BCUT2D eigenvalue weighted by atomic mass is 10.1. The molecule has 4 heterocycles. The fourth-order valence-corrected chi connectivity index (χ4v) is 2.68. The number of aromatic nitrogens is 5. The van der Waals surface area contributed by atoms with Crippen molar-refractivity contribution >= 4 is 22.4 Å². The van der Waals surface area contributed by atoms with Crippen LogP contribution in [0.3, 0.4) is 0 Å². The van der Waals surface area contributed by atoms with Gasteiger partial charge in [-0.25, -0.2) is 9.37 Å². The molecule has 6 nitrogen and oxygen atoms in total. The highest BCUT2D eigenvalue weighted by atomic mass is 19.1. The van der Waals surface area contributed by atoms with Gasteiger partial charge in [-0.05, 0) is 37.6 Å². The molecule has 0 aliphatic rings. The van der Waals surface area contributed by atoms with Crippen LogP contribution < -0.4 is 5.32 Å². The molecule has 0 saturated carbocycles. The van der Waals surface area contributed by atoms with Crippen molar-refractivity contribution in [2.75, 3.05) is 5.32 Å². The summed E-state index contributed by atoms with van der Waals surface area (Å²) in [5.74, 6) is -0.439. The van der Waals surface area contributed by atoms with Gasteiger partial charge in [-0.1, -0.05) is 6.07 Å². The smallest absolute Gasteiger partial charge is 0.174 e. The topological polar surface area (TPSA) is 79.4 Å². The first-order valence-corrected chi connectivity index (χ1v) is 7.78. The summed E-state index contributed by atoms with van der Waals surface area (Å²) in [5.41, 5.74) is 4.68. The summed E-state index contributed by atoms with van der Waals surface area (Å²) in [4.78, 5) is 12.8. The average Bonchev–Trinajstić information content (AvgIpc) is 3.12. The van der Waals surface area contributed by atoms with Crippen LogP contribution in [0.15, 0.2) is 42.9 Å². The van der Waals surface area contributed by atoms with E-state index >= 15 is 4.39 Å². The van der Waals surface area contributed by atoms with Crippen molar-refractivity contribution in [1.82, 2.24) is 25.1 Å². The Morgan fingerprint density at radius 1 is 1.08 bits per heavy atom. The SMILES string of the molecule is Cc1nc(-c2ccccn2)c(F)c(Nc2ccnc3cn[nH]c23)c1C. The summed E-state index contributed by atoms with van der Waals surface area (Å²) < 4.78 is 15.2. The Labute approximate surface area is 143 Å². The van der Waals surface area contributed by atoms with Gasteiger partial charge in [-0.2, -0.15) is 5.10 Å². The number of hydrogen-bond donors (Lipinski definition) is 2. The Bertz CT molecular complexity index is 1060. The van der Waals surface area contributed by atoms with Crippen molar-refractivity contribution in [2.24, 2.45) is 0 Å². The van der Waals surface area contributed by atoms with Crippen molar-refractivity contribution in [3.8, 4) is 11.4 Å². The van der Waals surface area contributed by atoms with Gasteiger partial charge in [0, 0.05) is 18.1 Å². The maximum Gasteiger partial charge on any atom is 0.174 e. The summed E-state index contributed by atoms with van der Waals surface area (Å²) in [6.07, 6.45) is 4.90. The van der Waals surface area contributed by atoms with Gasteiger partial charge in [0.2, 0.25) is 0 Å². The largest absolute Gasteiger partial charge is 0.351 e. The van der Waals surface area contributed by atoms with Crippen LogP contribution in [0.1, 0.15) is 11.3 Å². The summed E-state index contributed by atoms with van der Waals surface area (Å²) in [6, 6.07) is 7.11. The molecule has 0 fully saturated rings. The maximum absolute atomic E-state index is 15.2. The number of halogens is 1. The highest BCUT2D eigenvalue weighted by Gasteiger charge is 2.18. The third-order valence-corrected chi connectivity index (χ3v) is 4.14. The van der Waals surface area contributed by atoms with E-state index < -0.39 is 5.82 Å². The van der Waals surface area contributed by atoms with Crippen molar-refractivity contribution in [2.45, 2.75) is 13.8 Å². The van der Waals surface area contributed by atoms with Crippen LogP contribution in [0, 0.1) is 19.7 Å². The number of fused-ring (bicyclic) bond motifs is 1. The molecule has 2 N–H and O–H groups in total. The lowest BCUT2D eigenvalue weighted by molar-refractivity contribution is 0.626. The average molecular weight is 334 g/mol. The highest BCUT2D eigenvalue weighted by molar-refractivity contribution is 5.89.